The largest absolute Gasteiger partial charge is 0.326 e. The fourth-order valence-corrected chi connectivity index (χ4v) is 3.19. The van der Waals surface area contributed by atoms with Gasteiger partial charge in [-0.15, -0.1) is 0 Å². The zero-order valence-electron chi connectivity index (χ0n) is 11.1. The summed E-state index contributed by atoms with van der Waals surface area (Å²) in [7, 11) is 0. The van der Waals surface area contributed by atoms with Gasteiger partial charge in [-0.3, -0.25) is 4.79 Å². The number of rotatable bonds is 4. The molecule has 104 valence electrons. The molecule has 0 saturated carbocycles. The fourth-order valence-electron chi connectivity index (χ4n) is 2.04. The molecule has 0 bridgehead atoms. The monoisotopic (exact) mass is 298 g/mol. The average Bonchev–Trinajstić information content (AvgIpc) is 2.43. The molecule has 1 amide bonds. The van der Waals surface area contributed by atoms with E-state index in [1.165, 1.54) is 11.5 Å². The Morgan fingerprint density at radius 3 is 2.89 bits per heavy atom. The summed E-state index contributed by atoms with van der Waals surface area (Å²) in [6.45, 7) is 4.94. The van der Waals surface area contributed by atoms with E-state index in [2.05, 4.69) is 10.2 Å². The molecule has 1 aromatic carbocycles. The summed E-state index contributed by atoms with van der Waals surface area (Å²) in [5.74, 6) is 2.41. The predicted octanol–water partition coefficient (Wildman–Crippen LogP) is 3.03. The van der Waals surface area contributed by atoms with Gasteiger partial charge in [-0.05, 0) is 24.6 Å². The second-order valence-corrected chi connectivity index (χ2v) is 6.30. The van der Waals surface area contributed by atoms with E-state index in [4.69, 9.17) is 11.6 Å². The quantitative estimate of drug-likeness (QED) is 0.927. The normalized spacial score (nSPS) is 16.3. The van der Waals surface area contributed by atoms with Crippen LogP contribution in [0.15, 0.2) is 18.2 Å². The van der Waals surface area contributed by atoms with Gasteiger partial charge in [-0.25, -0.2) is 0 Å². The summed E-state index contributed by atoms with van der Waals surface area (Å²) in [5.41, 5.74) is 1.73. The molecule has 1 aliphatic rings. The number of thioether (sulfide) groups is 1. The smallest absolute Gasteiger partial charge is 0.225 e. The fraction of sp³-hybridized carbons (Fsp3) is 0.500. The van der Waals surface area contributed by atoms with Crippen molar-refractivity contribution in [1.29, 1.82) is 0 Å². The number of benzene rings is 1. The Hall–Kier alpha value is -0.710. The summed E-state index contributed by atoms with van der Waals surface area (Å²) in [5, 5.41) is 3.62. The second-order valence-electron chi connectivity index (χ2n) is 4.66. The summed E-state index contributed by atoms with van der Waals surface area (Å²) in [6.07, 6.45) is 0.538. The van der Waals surface area contributed by atoms with Crippen molar-refractivity contribution in [3.05, 3.63) is 28.8 Å². The first-order chi connectivity index (χ1) is 9.16. The Kier molecular flexibility index (Phi) is 5.55. The van der Waals surface area contributed by atoms with E-state index in [9.17, 15) is 4.79 Å². The summed E-state index contributed by atoms with van der Waals surface area (Å²) < 4.78 is 0. The lowest BCUT2D eigenvalue weighted by Gasteiger charge is -2.25. The third-order valence-corrected chi connectivity index (χ3v) is 4.65. The van der Waals surface area contributed by atoms with Crippen LogP contribution in [0.4, 0.5) is 5.69 Å². The van der Waals surface area contributed by atoms with E-state index in [1.807, 2.05) is 36.9 Å². The van der Waals surface area contributed by atoms with Gasteiger partial charge in [0.2, 0.25) is 5.91 Å². The Morgan fingerprint density at radius 2 is 2.16 bits per heavy atom. The van der Waals surface area contributed by atoms with Crippen LogP contribution in [-0.2, 0) is 4.79 Å². The van der Waals surface area contributed by atoms with Crippen molar-refractivity contribution < 1.29 is 4.79 Å². The van der Waals surface area contributed by atoms with Gasteiger partial charge in [0.05, 0.1) is 0 Å². The predicted molar refractivity (Wildman–Crippen MR) is 83.2 cm³/mol. The molecule has 0 unspecified atom stereocenters. The van der Waals surface area contributed by atoms with Crippen LogP contribution in [0.1, 0.15) is 12.0 Å². The number of anilines is 1. The highest BCUT2D eigenvalue weighted by Gasteiger charge is 2.12. The maximum Gasteiger partial charge on any atom is 0.225 e. The molecule has 0 radical (unpaired) electrons. The van der Waals surface area contributed by atoms with Crippen LogP contribution in [0.25, 0.3) is 0 Å². The SMILES string of the molecule is Cc1c(Cl)cccc1NC(=O)CCN1CCSCC1. The van der Waals surface area contributed by atoms with E-state index in [0.29, 0.717) is 11.4 Å². The van der Waals surface area contributed by atoms with Crippen molar-refractivity contribution in [3.63, 3.8) is 0 Å². The highest BCUT2D eigenvalue weighted by atomic mass is 35.5. The zero-order chi connectivity index (χ0) is 13.7. The molecule has 19 heavy (non-hydrogen) atoms. The lowest BCUT2D eigenvalue weighted by atomic mass is 10.2. The van der Waals surface area contributed by atoms with Crippen molar-refractivity contribution in [2.45, 2.75) is 13.3 Å². The molecule has 1 heterocycles. The van der Waals surface area contributed by atoms with Gasteiger partial charge < -0.3 is 10.2 Å². The van der Waals surface area contributed by atoms with Crippen molar-refractivity contribution in [3.8, 4) is 0 Å². The van der Waals surface area contributed by atoms with Gasteiger partial charge >= 0.3 is 0 Å². The third kappa shape index (κ3) is 4.41. The minimum atomic E-state index is 0.0589. The van der Waals surface area contributed by atoms with Crippen LogP contribution in [0.3, 0.4) is 0 Å². The molecule has 0 spiro atoms. The van der Waals surface area contributed by atoms with Crippen LogP contribution in [-0.4, -0.2) is 41.9 Å². The van der Waals surface area contributed by atoms with Gasteiger partial charge in [-0.2, -0.15) is 11.8 Å². The number of amides is 1. The standard InChI is InChI=1S/C14H19ClN2OS/c1-11-12(15)3-2-4-13(11)16-14(18)5-6-17-7-9-19-10-8-17/h2-4H,5-10H2,1H3,(H,16,18). The van der Waals surface area contributed by atoms with Crippen LogP contribution in [0.2, 0.25) is 5.02 Å². The van der Waals surface area contributed by atoms with Crippen molar-refractivity contribution in [2.24, 2.45) is 0 Å². The molecule has 1 fully saturated rings. The highest BCUT2D eigenvalue weighted by Crippen LogP contribution is 2.23. The Morgan fingerprint density at radius 1 is 1.42 bits per heavy atom. The van der Waals surface area contributed by atoms with Gasteiger partial charge in [0.15, 0.2) is 0 Å². The molecule has 1 N–H and O–H groups in total. The van der Waals surface area contributed by atoms with Crippen molar-refractivity contribution in [1.82, 2.24) is 4.90 Å². The maximum atomic E-state index is 11.9. The molecule has 1 saturated heterocycles. The molecular weight excluding hydrogens is 280 g/mol. The zero-order valence-corrected chi connectivity index (χ0v) is 12.7. The molecule has 0 aliphatic carbocycles. The molecule has 5 heteroatoms. The summed E-state index contributed by atoms with van der Waals surface area (Å²) >= 11 is 8.02. The van der Waals surface area contributed by atoms with Crippen molar-refractivity contribution >= 4 is 35.0 Å². The topological polar surface area (TPSA) is 32.3 Å². The number of carbonyl (C=O) groups is 1. The minimum absolute atomic E-state index is 0.0589. The third-order valence-electron chi connectivity index (χ3n) is 3.30. The van der Waals surface area contributed by atoms with E-state index in [-0.39, 0.29) is 5.91 Å². The lowest BCUT2D eigenvalue weighted by Crippen LogP contribution is -2.35. The number of hydrogen-bond acceptors (Lipinski definition) is 3. The van der Waals surface area contributed by atoms with E-state index >= 15 is 0 Å². The molecule has 0 aromatic heterocycles. The number of nitrogens with zero attached hydrogens (tertiary/aromatic N) is 1. The summed E-state index contributed by atoms with van der Waals surface area (Å²) in [6, 6.07) is 5.57. The van der Waals surface area contributed by atoms with E-state index < -0.39 is 0 Å². The highest BCUT2D eigenvalue weighted by molar-refractivity contribution is 7.99. The Labute approximate surface area is 123 Å². The lowest BCUT2D eigenvalue weighted by molar-refractivity contribution is -0.116. The molecule has 3 nitrogen and oxygen atoms in total. The summed E-state index contributed by atoms with van der Waals surface area (Å²) in [4.78, 5) is 14.3. The Bertz CT molecular complexity index is 447. The minimum Gasteiger partial charge on any atom is -0.326 e. The number of hydrogen-bond donors (Lipinski definition) is 1. The van der Waals surface area contributed by atoms with Crippen LogP contribution >= 0.6 is 23.4 Å². The maximum absolute atomic E-state index is 11.9. The first-order valence-electron chi connectivity index (χ1n) is 6.52. The van der Waals surface area contributed by atoms with E-state index in [1.54, 1.807) is 0 Å². The van der Waals surface area contributed by atoms with Crippen LogP contribution < -0.4 is 5.32 Å². The number of nitrogens with one attached hydrogen (secondary N) is 1. The van der Waals surface area contributed by atoms with Crippen molar-refractivity contribution in [2.75, 3.05) is 36.5 Å². The van der Waals surface area contributed by atoms with Gasteiger partial charge in [0.25, 0.3) is 0 Å². The number of carbonyl (C=O) groups excluding carboxylic acids is 1. The molecule has 0 atom stereocenters. The second kappa shape index (κ2) is 7.17. The molecule has 1 aliphatic heterocycles. The Balaban J connectivity index is 1.82. The van der Waals surface area contributed by atoms with Gasteiger partial charge in [0.1, 0.15) is 0 Å². The average molecular weight is 299 g/mol. The molecule has 2 rings (SSSR count). The van der Waals surface area contributed by atoms with E-state index in [0.717, 1.165) is 30.9 Å². The van der Waals surface area contributed by atoms with Crippen LogP contribution in [0.5, 0.6) is 0 Å². The molecular formula is C14H19ClN2OS. The van der Waals surface area contributed by atoms with Gasteiger partial charge in [-0.1, -0.05) is 17.7 Å². The number of halogens is 1. The van der Waals surface area contributed by atoms with Crippen LogP contribution in [0, 0.1) is 6.92 Å². The first-order valence-corrected chi connectivity index (χ1v) is 8.05. The van der Waals surface area contributed by atoms with Gasteiger partial charge in [0, 0.05) is 48.3 Å². The molecule has 1 aromatic rings. The first kappa shape index (κ1) is 14.7.